The summed E-state index contributed by atoms with van der Waals surface area (Å²) in [4.78, 5) is 22.4. The maximum atomic E-state index is 12.2. The molecule has 0 aliphatic carbocycles. The average Bonchev–Trinajstić information content (AvgIpc) is 3.10. The first-order valence-electron chi connectivity index (χ1n) is 9.06. The molecule has 0 radical (unpaired) electrons. The van der Waals surface area contributed by atoms with E-state index < -0.39 is 0 Å². The monoisotopic (exact) mass is 387 g/mol. The van der Waals surface area contributed by atoms with Crippen LogP contribution < -0.4 is 5.32 Å². The van der Waals surface area contributed by atoms with E-state index in [1.54, 1.807) is 6.92 Å². The maximum absolute atomic E-state index is 12.2. The number of carbonyl (C=O) groups excluding carboxylic acids is 1. The van der Waals surface area contributed by atoms with Crippen LogP contribution in [0, 0.1) is 20.8 Å². The van der Waals surface area contributed by atoms with Crippen LogP contribution in [0.4, 0.5) is 5.82 Å². The summed E-state index contributed by atoms with van der Waals surface area (Å²) in [5.41, 5.74) is 4.18. The fraction of sp³-hybridized carbons (Fsp3) is 0.474. The van der Waals surface area contributed by atoms with E-state index in [-0.39, 0.29) is 12.0 Å². The Kier molecular flexibility index (Phi) is 5.46. The van der Waals surface area contributed by atoms with Gasteiger partial charge in [-0.25, -0.2) is 14.8 Å². The van der Waals surface area contributed by atoms with Gasteiger partial charge in [0.05, 0.1) is 23.7 Å². The molecule has 0 saturated carbocycles. The van der Waals surface area contributed by atoms with Crippen molar-refractivity contribution < 1.29 is 9.53 Å². The molecular weight excluding hydrogens is 362 g/mol. The van der Waals surface area contributed by atoms with E-state index >= 15 is 0 Å². The molecule has 0 bridgehead atoms. The molecule has 1 atom stereocenters. The van der Waals surface area contributed by atoms with Crippen LogP contribution in [0.3, 0.4) is 0 Å². The number of carbonyl (C=O) groups is 1. The van der Waals surface area contributed by atoms with Gasteiger partial charge in [0.1, 0.15) is 21.9 Å². The Hall–Kier alpha value is -2.48. The Morgan fingerprint density at radius 1 is 1.30 bits per heavy atom. The van der Waals surface area contributed by atoms with Crippen molar-refractivity contribution in [3.8, 4) is 0 Å². The van der Waals surface area contributed by atoms with Gasteiger partial charge >= 0.3 is 5.97 Å². The normalized spacial score (nSPS) is 12.4. The number of hydrogen-bond acceptors (Lipinski definition) is 7. The Morgan fingerprint density at radius 2 is 2.04 bits per heavy atom. The third-order valence-corrected chi connectivity index (χ3v) is 6.00. The average molecular weight is 388 g/mol. The summed E-state index contributed by atoms with van der Waals surface area (Å²) >= 11 is 1.34. The Balaban J connectivity index is 2.05. The number of rotatable bonds is 6. The van der Waals surface area contributed by atoms with Crippen molar-refractivity contribution in [2.75, 3.05) is 11.9 Å². The molecule has 3 heterocycles. The number of aromatic nitrogens is 4. The lowest BCUT2D eigenvalue weighted by atomic mass is 10.0. The number of anilines is 1. The summed E-state index contributed by atoms with van der Waals surface area (Å²) < 4.78 is 7.08. The number of thiophene rings is 1. The van der Waals surface area contributed by atoms with E-state index in [1.165, 1.54) is 23.2 Å². The highest BCUT2D eigenvalue weighted by molar-refractivity contribution is 7.20. The third kappa shape index (κ3) is 3.41. The SMILES string of the molecule is CCOC(=O)c1sc2ncnc(NC(CC)c3c(C)nn(C)c3C)c2c1C. The highest BCUT2D eigenvalue weighted by atomic mass is 32.1. The zero-order valence-corrected chi connectivity index (χ0v) is 17.4. The largest absolute Gasteiger partial charge is 0.462 e. The number of ether oxygens (including phenoxy) is 1. The molecule has 1 N–H and O–H groups in total. The molecule has 144 valence electrons. The molecule has 0 aliphatic rings. The third-order valence-electron chi connectivity index (χ3n) is 4.82. The molecule has 0 saturated heterocycles. The molecule has 0 spiro atoms. The first kappa shape index (κ1) is 19.3. The van der Waals surface area contributed by atoms with Gasteiger partial charge in [-0.15, -0.1) is 11.3 Å². The minimum atomic E-state index is -0.310. The molecule has 0 aliphatic heterocycles. The number of nitrogens with zero attached hydrogens (tertiary/aromatic N) is 4. The fourth-order valence-corrected chi connectivity index (χ4v) is 4.45. The number of aryl methyl sites for hydroxylation is 3. The molecule has 0 aromatic carbocycles. The summed E-state index contributed by atoms with van der Waals surface area (Å²) in [7, 11) is 1.95. The fourth-order valence-electron chi connectivity index (χ4n) is 3.41. The van der Waals surface area contributed by atoms with Gasteiger partial charge in [-0.3, -0.25) is 4.68 Å². The predicted octanol–water partition coefficient (Wildman–Crippen LogP) is 4.09. The van der Waals surface area contributed by atoms with Crippen LogP contribution in [-0.2, 0) is 11.8 Å². The van der Waals surface area contributed by atoms with Gasteiger partial charge in [0.25, 0.3) is 0 Å². The number of hydrogen-bond donors (Lipinski definition) is 1. The minimum Gasteiger partial charge on any atom is -0.462 e. The first-order chi connectivity index (χ1) is 12.9. The smallest absolute Gasteiger partial charge is 0.348 e. The summed E-state index contributed by atoms with van der Waals surface area (Å²) in [6.45, 7) is 10.3. The molecule has 1 unspecified atom stereocenters. The number of fused-ring (bicyclic) bond motifs is 1. The van der Waals surface area contributed by atoms with E-state index in [4.69, 9.17) is 4.74 Å². The standard InChI is InChI=1S/C19H25N5O2S/c1-7-13(15-11(4)23-24(6)12(15)5)22-17-14-10(3)16(19(25)26-8-2)27-18(14)21-9-20-17/h9,13H,7-8H2,1-6H3,(H,20,21,22). The highest BCUT2D eigenvalue weighted by Gasteiger charge is 2.23. The van der Waals surface area contributed by atoms with Gasteiger partial charge in [0, 0.05) is 18.3 Å². The minimum absolute atomic E-state index is 0.0714. The maximum Gasteiger partial charge on any atom is 0.348 e. The first-order valence-corrected chi connectivity index (χ1v) is 9.88. The van der Waals surface area contributed by atoms with Crippen molar-refractivity contribution in [3.05, 3.63) is 33.7 Å². The van der Waals surface area contributed by atoms with E-state index in [1.807, 2.05) is 25.6 Å². The van der Waals surface area contributed by atoms with Crippen LogP contribution in [0.1, 0.15) is 58.5 Å². The summed E-state index contributed by atoms with van der Waals surface area (Å²) in [5, 5.41) is 8.97. The van der Waals surface area contributed by atoms with Crippen molar-refractivity contribution in [2.45, 2.75) is 47.1 Å². The molecular formula is C19H25N5O2S. The Bertz CT molecular complexity index is 992. The molecule has 3 rings (SSSR count). The summed E-state index contributed by atoms with van der Waals surface area (Å²) in [6.07, 6.45) is 2.41. The quantitative estimate of drug-likeness (QED) is 0.642. The molecule has 0 amide bonds. The number of nitrogens with one attached hydrogen (secondary N) is 1. The van der Waals surface area contributed by atoms with Crippen LogP contribution in [0.15, 0.2) is 6.33 Å². The van der Waals surface area contributed by atoms with Crippen molar-refractivity contribution in [3.63, 3.8) is 0 Å². The Morgan fingerprint density at radius 3 is 2.63 bits per heavy atom. The van der Waals surface area contributed by atoms with Crippen LogP contribution in [0.25, 0.3) is 10.2 Å². The number of esters is 1. The van der Waals surface area contributed by atoms with Crippen molar-refractivity contribution in [1.82, 2.24) is 19.7 Å². The van der Waals surface area contributed by atoms with Gasteiger partial charge in [-0.05, 0) is 39.7 Å². The second kappa shape index (κ2) is 7.64. The molecule has 3 aromatic rings. The molecule has 8 heteroatoms. The van der Waals surface area contributed by atoms with Gasteiger partial charge in [-0.2, -0.15) is 5.10 Å². The Labute approximate surface area is 162 Å². The van der Waals surface area contributed by atoms with Crippen molar-refractivity contribution >= 4 is 33.3 Å². The van der Waals surface area contributed by atoms with Gasteiger partial charge in [0.2, 0.25) is 0 Å². The van der Waals surface area contributed by atoms with Crippen LogP contribution >= 0.6 is 11.3 Å². The van der Waals surface area contributed by atoms with E-state index in [2.05, 4.69) is 34.2 Å². The topological polar surface area (TPSA) is 81.9 Å². The van der Waals surface area contributed by atoms with Crippen LogP contribution in [0.5, 0.6) is 0 Å². The van der Waals surface area contributed by atoms with Gasteiger partial charge < -0.3 is 10.1 Å². The zero-order valence-electron chi connectivity index (χ0n) is 16.6. The molecule has 3 aromatic heterocycles. The van der Waals surface area contributed by atoms with E-state index in [0.29, 0.717) is 11.5 Å². The van der Waals surface area contributed by atoms with Crippen molar-refractivity contribution in [2.24, 2.45) is 7.05 Å². The predicted molar refractivity (Wildman–Crippen MR) is 107 cm³/mol. The van der Waals surface area contributed by atoms with Gasteiger partial charge in [-0.1, -0.05) is 6.92 Å². The second-order valence-electron chi connectivity index (χ2n) is 6.49. The molecule has 0 fully saturated rings. The van der Waals surface area contributed by atoms with Crippen LogP contribution in [-0.4, -0.2) is 32.3 Å². The lowest BCUT2D eigenvalue weighted by Gasteiger charge is -2.19. The van der Waals surface area contributed by atoms with E-state index in [0.717, 1.165) is 39.4 Å². The lowest BCUT2D eigenvalue weighted by molar-refractivity contribution is 0.0531. The highest BCUT2D eigenvalue weighted by Crippen LogP contribution is 2.36. The molecule has 27 heavy (non-hydrogen) atoms. The lowest BCUT2D eigenvalue weighted by Crippen LogP contribution is -2.13. The van der Waals surface area contributed by atoms with Crippen LogP contribution in [0.2, 0.25) is 0 Å². The zero-order chi connectivity index (χ0) is 19.7. The van der Waals surface area contributed by atoms with E-state index in [9.17, 15) is 4.79 Å². The molecule has 7 nitrogen and oxygen atoms in total. The summed E-state index contributed by atoms with van der Waals surface area (Å²) in [6, 6.07) is 0.0714. The second-order valence-corrected chi connectivity index (χ2v) is 7.49. The summed E-state index contributed by atoms with van der Waals surface area (Å²) in [5.74, 6) is 0.425. The van der Waals surface area contributed by atoms with Gasteiger partial charge in [0.15, 0.2) is 0 Å². The van der Waals surface area contributed by atoms with Crippen molar-refractivity contribution in [1.29, 1.82) is 0 Å².